The zero-order valence-corrected chi connectivity index (χ0v) is 9.36. The normalized spacial score (nSPS) is 18.0. The number of carbonyl (C=O) groups is 1. The van der Waals surface area contributed by atoms with Gasteiger partial charge in [-0.1, -0.05) is 6.07 Å². The minimum atomic E-state index is -0.287. The maximum atomic E-state index is 11.1. The van der Waals surface area contributed by atoms with Crippen LogP contribution in [-0.4, -0.2) is 25.8 Å². The standard InChI is InChI=1S/C12H14O4/c1-8-3-4-10-11(5-8)16-9(7-15-10)6-12(13)14-2/h3-5,9H,6-7H2,1-2H3. The molecule has 1 aromatic carbocycles. The van der Waals surface area contributed by atoms with Gasteiger partial charge in [0.15, 0.2) is 11.5 Å². The van der Waals surface area contributed by atoms with E-state index in [-0.39, 0.29) is 18.5 Å². The van der Waals surface area contributed by atoms with Gasteiger partial charge in [-0.05, 0) is 24.6 Å². The first-order chi connectivity index (χ1) is 7.69. The fourth-order valence-corrected chi connectivity index (χ4v) is 1.59. The molecule has 0 spiro atoms. The summed E-state index contributed by atoms with van der Waals surface area (Å²) in [6, 6.07) is 5.74. The molecule has 0 aromatic heterocycles. The molecule has 0 saturated carbocycles. The van der Waals surface area contributed by atoms with Gasteiger partial charge in [0.2, 0.25) is 0 Å². The molecular weight excluding hydrogens is 208 g/mol. The first-order valence-electron chi connectivity index (χ1n) is 5.16. The topological polar surface area (TPSA) is 44.8 Å². The molecule has 4 heteroatoms. The molecular formula is C12H14O4. The third-order valence-corrected chi connectivity index (χ3v) is 2.44. The van der Waals surface area contributed by atoms with E-state index < -0.39 is 0 Å². The lowest BCUT2D eigenvalue weighted by Gasteiger charge is -2.26. The quantitative estimate of drug-likeness (QED) is 0.714. The van der Waals surface area contributed by atoms with Gasteiger partial charge in [-0.25, -0.2) is 0 Å². The number of hydrogen-bond donors (Lipinski definition) is 0. The lowest BCUT2D eigenvalue weighted by Crippen LogP contribution is -2.31. The van der Waals surface area contributed by atoms with E-state index in [1.54, 1.807) is 0 Å². The van der Waals surface area contributed by atoms with E-state index in [9.17, 15) is 4.79 Å². The second kappa shape index (κ2) is 4.43. The van der Waals surface area contributed by atoms with Gasteiger partial charge in [0.25, 0.3) is 0 Å². The van der Waals surface area contributed by atoms with Crippen molar-refractivity contribution >= 4 is 5.97 Å². The Morgan fingerprint density at radius 2 is 2.31 bits per heavy atom. The first kappa shape index (κ1) is 10.8. The number of esters is 1. The average molecular weight is 222 g/mol. The summed E-state index contributed by atoms with van der Waals surface area (Å²) in [6.45, 7) is 2.36. The lowest BCUT2D eigenvalue weighted by molar-refractivity contribution is -0.143. The molecule has 0 N–H and O–H groups in total. The Labute approximate surface area is 94.1 Å². The van der Waals surface area contributed by atoms with Crippen molar-refractivity contribution in [2.75, 3.05) is 13.7 Å². The summed E-state index contributed by atoms with van der Waals surface area (Å²) in [4.78, 5) is 11.1. The molecule has 4 nitrogen and oxygen atoms in total. The number of hydrogen-bond acceptors (Lipinski definition) is 4. The van der Waals surface area contributed by atoms with Crippen LogP contribution in [0, 0.1) is 6.92 Å². The minimum Gasteiger partial charge on any atom is -0.486 e. The van der Waals surface area contributed by atoms with Gasteiger partial charge >= 0.3 is 5.97 Å². The maximum Gasteiger partial charge on any atom is 0.309 e. The predicted molar refractivity (Wildman–Crippen MR) is 57.7 cm³/mol. The van der Waals surface area contributed by atoms with E-state index in [2.05, 4.69) is 4.74 Å². The highest BCUT2D eigenvalue weighted by atomic mass is 16.6. The highest BCUT2D eigenvalue weighted by Crippen LogP contribution is 2.32. The monoisotopic (exact) mass is 222 g/mol. The summed E-state index contributed by atoms with van der Waals surface area (Å²) in [5.41, 5.74) is 1.10. The zero-order valence-electron chi connectivity index (χ0n) is 9.36. The van der Waals surface area contributed by atoms with E-state index in [0.717, 1.165) is 11.3 Å². The summed E-state index contributed by atoms with van der Waals surface area (Å²) >= 11 is 0. The number of ether oxygens (including phenoxy) is 3. The van der Waals surface area contributed by atoms with Crippen LogP contribution >= 0.6 is 0 Å². The van der Waals surface area contributed by atoms with E-state index in [1.807, 2.05) is 25.1 Å². The molecule has 2 rings (SSSR count). The van der Waals surface area contributed by atoms with Crippen molar-refractivity contribution < 1.29 is 19.0 Å². The number of carbonyl (C=O) groups excluding carboxylic acids is 1. The summed E-state index contributed by atoms with van der Waals surface area (Å²) in [5.74, 6) is 1.14. The molecule has 0 aliphatic carbocycles. The van der Waals surface area contributed by atoms with Crippen molar-refractivity contribution in [2.24, 2.45) is 0 Å². The second-order valence-corrected chi connectivity index (χ2v) is 3.78. The average Bonchev–Trinajstić information content (AvgIpc) is 2.28. The van der Waals surface area contributed by atoms with Gasteiger partial charge in [-0.2, -0.15) is 0 Å². The van der Waals surface area contributed by atoms with Gasteiger partial charge < -0.3 is 14.2 Å². The van der Waals surface area contributed by atoms with Crippen LogP contribution in [0.25, 0.3) is 0 Å². The van der Waals surface area contributed by atoms with Crippen LogP contribution in [0.5, 0.6) is 11.5 Å². The predicted octanol–water partition coefficient (Wildman–Crippen LogP) is 1.70. The van der Waals surface area contributed by atoms with Crippen LogP contribution < -0.4 is 9.47 Å². The minimum absolute atomic E-state index is 0.212. The van der Waals surface area contributed by atoms with Gasteiger partial charge in [0.1, 0.15) is 12.7 Å². The smallest absolute Gasteiger partial charge is 0.309 e. The number of fused-ring (bicyclic) bond motifs is 1. The van der Waals surface area contributed by atoms with Gasteiger partial charge in [0.05, 0.1) is 13.5 Å². The highest BCUT2D eigenvalue weighted by Gasteiger charge is 2.23. The molecule has 86 valence electrons. The fraction of sp³-hybridized carbons (Fsp3) is 0.417. The first-order valence-corrected chi connectivity index (χ1v) is 5.16. The molecule has 1 atom stereocenters. The molecule has 0 fully saturated rings. The van der Waals surface area contributed by atoms with E-state index in [4.69, 9.17) is 9.47 Å². The summed E-state index contributed by atoms with van der Waals surface area (Å²) < 4.78 is 15.8. The molecule has 1 aliphatic heterocycles. The number of methoxy groups -OCH3 is 1. The lowest BCUT2D eigenvalue weighted by atomic mass is 10.2. The summed E-state index contributed by atoms with van der Waals surface area (Å²) in [6.07, 6.45) is -0.0501. The Morgan fingerprint density at radius 1 is 1.50 bits per heavy atom. The molecule has 1 heterocycles. The summed E-state index contributed by atoms with van der Waals surface area (Å²) in [5, 5.41) is 0. The van der Waals surface area contributed by atoms with Crippen LogP contribution in [0.1, 0.15) is 12.0 Å². The number of aryl methyl sites for hydroxylation is 1. The number of rotatable bonds is 2. The SMILES string of the molecule is COC(=O)CC1COc2ccc(C)cc2O1. The van der Waals surface area contributed by atoms with Crippen molar-refractivity contribution in [3.63, 3.8) is 0 Å². The molecule has 0 bridgehead atoms. The fourth-order valence-electron chi connectivity index (χ4n) is 1.59. The number of benzene rings is 1. The van der Waals surface area contributed by atoms with Crippen molar-refractivity contribution in [1.82, 2.24) is 0 Å². The maximum absolute atomic E-state index is 11.1. The zero-order chi connectivity index (χ0) is 11.5. The molecule has 16 heavy (non-hydrogen) atoms. The Bertz CT molecular complexity index is 400. The Balaban J connectivity index is 2.08. The van der Waals surface area contributed by atoms with Gasteiger partial charge in [0, 0.05) is 0 Å². The molecule has 0 radical (unpaired) electrons. The molecule has 1 aliphatic rings. The molecule has 0 saturated heterocycles. The second-order valence-electron chi connectivity index (χ2n) is 3.78. The van der Waals surface area contributed by atoms with Gasteiger partial charge in [-0.15, -0.1) is 0 Å². The molecule has 1 unspecified atom stereocenters. The third-order valence-electron chi connectivity index (χ3n) is 2.44. The van der Waals surface area contributed by atoms with Crippen LogP contribution in [0.4, 0.5) is 0 Å². The van der Waals surface area contributed by atoms with E-state index >= 15 is 0 Å². The van der Waals surface area contributed by atoms with Gasteiger partial charge in [-0.3, -0.25) is 4.79 Å². The van der Waals surface area contributed by atoms with Crippen LogP contribution in [0.3, 0.4) is 0 Å². The Kier molecular flexibility index (Phi) is 2.99. The molecule has 1 aromatic rings. The summed E-state index contributed by atoms with van der Waals surface area (Å²) in [7, 11) is 1.37. The van der Waals surface area contributed by atoms with Crippen molar-refractivity contribution in [3.05, 3.63) is 23.8 Å². The Morgan fingerprint density at radius 3 is 3.06 bits per heavy atom. The van der Waals surface area contributed by atoms with Crippen LogP contribution in [-0.2, 0) is 9.53 Å². The van der Waals surface area contributed by atoms with E-state index in [0.29, 0.717) is 12.4 Å². The molecule has 0 amide bonds. The van der Waals surface area contributed by atoms with Crippen molar-refractivity contribution in [2.45, 2.75) is 19.4 Å². The van der Waals surface area contributed by atoms with Crippen molar-refractivity contribution in [3.8, 4) is 11.5 Å². The van der Waals surface area contributed by atoms with E-state index in [1.165, 1.54) is 7.11 Å². The largest absolute Gasteiger partial charge is 0.486 e. The Hall–Kier alpha value is -1.71. The van der Waals surface area contributed by atoms with Crippen molar-refractivity contribution in [1.29, 1.82) is 0 Å². The third kappa shape index (κ3) is 2.27. The van der Waals surface area contributed by atoms with Crippen LogP contribution in [0.15, 0.2) is 18.2 Å². The highest BCUT2D eigenvalue weighted by molar-refractivity contribution is 5.70. The van der Waals surface area contributed by atoms with Crippen LogP contribution in [0.2, 0.25) is 0 Å².